The first-order chi connectivity index (χ1) is 11.6. The van der Waals surface area contributed by atoms with E-state index < -0.39 is 0 Å². The van der Waals surface area contributed by atoms with Crippen LogP contribution in [0.4, 0.5) is 5.13 Å². The van der Waals surface area contributed by atoms with Crippen LogP contribution in [-0.4, -0.2) is 36.7 Å². The zero-order chi connectivity index (χ0) is 16.9. The van der Waals surface area contributed by atoms with E-state index in [1.54, 1.807) is 11.3 Å². The van der Waals surface area contributed by atoms with Crippen LogP contribution in [0.5, 0.6) is 0 Å². The van der Waals surface area contributed by atoms with Gasteiger partial charge in [-0.05, 0) is 19.4 Å². The van der Waals surface area contributed by atoms with Crippen LogP contribution in [0.3, 0.4) is 0 Å². The number of amides is 1. The molecule has 25 heavy (non-hydrogen) atoms. The summed E-state index contributed by atoms with van der Waals surface area (Å²) in [6, 6.07) is 8.61. The van der Waals surface area contributed by atoms with Gasteiger partial charge in [0.15, 0.2) is 5.13 Å². The number of hydrogen-bond acceptors (Lipinski definition) is 5. The average molecular weight is 382 g/mol. The number of halogens is 1. The van der Waals surface area contributed by atoms with Gasteiger partial charge in [-0.2, -0.15) is 0 Å². The second-order valence-corrected chi connectivity index (χ2v) is 7.25. The number of thiazole rings is 1. The van der Waals surface area contributed by atoms with Crippen molar-refractivity contribution < 1.29 is 9.53 Å². The van der Waals surface area contributed by atoms with Crippen molar-refractivity contribution >= 4 is 34.8 Å². The summed E-state index contributed by atoms with van der Waals surface area (Å²) >= 11 is 1.55. The number of aryl methyl sites for hydroxylation is 2. The third kappa shape index (κ3) is 5.78. The standard InChI is InChI=1S/C18H23N3O2S.ClH/c1-12-3-5-14(6-4-12)9-16-13(2)20-18(24-16)21-17(22)10-15-11-23-8-7-19-15;/h3-6,15,19H,7-11H2,1-2H3,(H,20,21,22);1H. The second kappa shape index (κ2) is 9.29. The van der Waals surface area contributed by atoms with Crippen LogP contribution in [0.2, 0.25) is 0 Å². The molecule has 7 heteroatoms. The molecule has 1 aliphatic heterocycles. The van der Waals surface area contributed by atoms with Crippen LogP contribution < -0.4 is 10.6 Å². The molecule has 1 fully saturated rings. The normalized spacial score (nSPS) is 17.0. The zero-order valence-corrected chi connectivity index (χ0v) is 16.1. The lowest BCUT2D eigenvalue weighted by atomic mass is 10.1. The first-order valence-electron chi connectivity index (χ1n) is 8.23. The van der Waals surface area contributed by atoms with E-state index in [2.05, 4.69) is 46.8 Å². The number of hydrogen-bond donors (Lipinski definition) is 2. The highest BCUT2D eigenvalue weighted by Crippen LogP contribution is 2.25. The number of nitrogens with zero attached hydrogens (tertiary/aromatic N) is 1. The minimum absolute atomic E-state index is 0. The van der Waals surface area contributed by atoms with Crippen LogP contribution in [0.15, 0.2) is 24.3 Å². The van der Waals surface area contributed by atoms with Crippen molar-refractivity contribution in [1.82, 2.24) is 10.3 Å². The molecule has 0 spiro atoms. The number of morpholine rings is 1. The first-order valence-corrected chi connectivity index (χ1v) is 9.04. The maximum absolute atomic E-state index is 12.2. The number of benzene rings is 1. The molecule has 1 aromatic carbocycles. The molecule has 1 amide bonds. The number of ether oxygens (including phenoxy) is 1. The van der Waals surface area contributed by atoms with Gasteiger partial charge in [0, 0.05) is 30.3 Å². The molecule has 136 valence electrons. The molecule has 0 aliphatic carbocycles. The van der Waals surface area contributed by atoms with Crippen molar-refractivity contribution in [2.45, 2.75) is 32.7 Å². The average Bonchev–Trinajstić information content (AvgIpc) is 2.89. The lowest BCUT2D eigenvalue weighted by Gasteiger charge is -2.22. The molecule has 2 heterocycles. The van der Waals surface area contributed by atoms with E-state index in [1.807, 2.05) is 6.92 Å². The molecule has 1 unspecified atom stereocenters. The molecule has 1 saturated heterocycles. The minimum Gasteiger partial charge on any atom is -0.378 e. The summed E-state index contributed by atoms with van der Waals surface area (Å²) in [5.41, 5.74) is 3.50. The summed E-state index contributed by atoms with van der Waals surface area (Å²) < 4.78 is 5.38. The van der Waals surface area contributed by atoms with Gasteiger partial charge >= 0.3 is 0 Å². The molecule has 0 saturated carbocycles. The van der Waals surface area contributed by atoms with Gasteiger partial charge in [0.05, 0.1) is 18.9 Å². The first kappa shape index (κ1) is 19.8. The van der Waals surface area contributed by atoms with Crippen molar-refractivity contribution in [2.75, 3.05) is 25.1 Å². The van der Waals surface area contributed by atoms with Gasteiger partial charge in [-0.1, -0.05) is 29.8 Å². The Morgan fingerprint density at radius 3 is 2.80 bits per heavy atom. The van der Waals surface area contributed by atoms with E-state index in [9.17, 15) is 4.79 Å². The SMILES string of the molecule is Cc1ccc(Cc2sc(NC(=O)CC3COCCN3)nc2C)cc1.Cl. The Morgan fingerprint density at radius 1 is 1.36 bits per heavy atom. The van der Waals surface area contributed by atoms with Gasteiger partial charge in [0.25, 0.3) is 0 Å². The molecule has 2 N–H and O–H groups in total. The maximum Gasteiger partial charge on any atom is 0.227 e. The molecule has 0 bridgehead atoms. The highest BCUT2D eigenvalue weighted by molar-refractivity contribution is 7.15. The van der Waals surface area contributed by atoms with Crippen molar-refractivity contribution in [3.63, 3.8) is 0 Å². The number of nitrogens with one attached hydrogen (secondary N) is 2. The predicted molar refractivity (Wildman–Crippen MR) is 104 cm³/mol. The van der Waals surface area contributed by atoms with E-state index in [1.165, 1.54) is 16.0 Å². The Hall–Kier alpha value is -1.47. The second-order valence-electron chi connectivity index (χ2n) is 6.17. The fourth-order valence-corrected chi connectivity index (χ4v) is 3.69. The van der Waals surface area contributed by atoms with Crippen LogP contribution in [0.1, 0.15) is 28.1 Å². The molecule has 1 aliphatic rings. The summed E-state index contributed by atoms with van der Waals surface area (Å²) in [6.45, 7) is 6.18. The van der Waals surface area contributed by atoms with E-state index in [0.717, 1.165) is 18.7 Å². The molecule has 5 nitrogen and oxygen atoms in total. The van der Waals surface area contributed by atoms with Crippen LogP contribution in [0.25, 0.3) is 0 Å². The van der Waals surface area contributed by atoms with Gasteiger partial charge in [-0.3, -0.25) is 4.79 Å². The lowest BCUT2D eigenvalue weighted by Crippen LogP contribution is -2.43. The number of aromatic nitrogens is 1. The van der Waals surface area contributed by atoms with Gasteiger partial charge in [0.1, 0.15) is 0 Å². The topological polar surface area (TPSA) is 63.2 Å². The van der Waals surface area contributed by atoms with E-state index in [-0.39, 0.29) is 24.4 Å². The van der Waals surface area contributed by atoms with Crippen LogP contribution >= 0.6 is 23.7 Å². The monoisotopic (exact) mass is 381 g/mol. The molecule has 1 atom stereocenters. The van der Waals surface area contributed by atoms with Gasteiger partial charge < -0.3 is 15.4 Å². The summed E-state index contributed by atoms with van der Waals surface area (Å²) in [5, 5.41) is 6.88. The third-order valence-corrected chi connectivity index (χ3v) is 5.13. The molecule has 2 aromatic rings. The van der Waals surface area contributed by atoms with Crippen LogP contribution in [0, 0.1) is 13.8 Å². The molecular weight excluding hydrogens is 358 g/mol. The van der Waals surface area contributed by atoms with Gasteiger partial charge in [0.2, 0.25) is 5.91 Å². The smallest absolute Gasteiger partial charge is 0.227 e. The lowest BCUT2D eigenvalue weighted by molar-refractivity contribution is -0.117. The highest BCUT2D eigenvalue weighted by atomic mass is 35.5. The van der Waals surface area contributed by atoms with Gasteiger partial charge in [-0.15, -0.1) is 23.7 Å². The Kier molecular flexibility index (Phi) is 7.38. The number of carbonyl (C=O) groups is 1. The summed E-state index contributed by atoms with van der Waals surface area (Å²) in [5.74, 6) is -0.0198. The Labute approximate surface area is 158 Å². The number of rotatable bonds is 5. The summed E-state index contributed by atoms with van der Waals surface area (Å²) in [6.07, 6.45) is 1.25. The largest absolute Gasteiger partial charge is 0.378 e. The quantitative estimate of drug-likeness (QED) is 0.835. The van der Waals surface area contributed by atoms with Gasteiger partial charge in [-0.25, -0.2) is 4.98 Å². The fourth-order valence-electron chi connectivity index (χ4n) is 2.68. The minimum atomic E-state index is -0.0198. The molecular formula is C18H24ClN3O2S. The van der Waals surface area contributed by atoms with Crippen molar-refractivity contribution in [2.24, 2.45) is 0 Å². The Morgan fingerprint density at radius 2 is 2.12 bits per heavy atom. The fraction of sp³-hybridized carbons (Fsp3) is 0.444. The molecule has 0 radical (unpaired) electrons. The van der Waals surface area contributed by atoms with E-state index in [0.29, 0.717) is 24.8 Å². The zero-order valence-electron chi connectivity index (χ0n) is 14.5. The highest BCUT2D eigenvalue weighted by Gasteiger charge is 2.18. The maximum atomic E-state index is 12.2. The van der Waals surface area contributed by atoms with Crippen molar-refractivity contribution in [1.29, 1.82) is 0 Å². The third-order valence-electron chi connectivity index (χ3n) is 4.05. The van der Waals surface area contributed by atoms with Crippen molar-refractivity contribution in [3.8, 4) is 0 Å². The number of anilines is 1. The van der Waals surface area contributed by atoms with Crippen molar-refractivity contribution in [3.05, 3.63) is 46.0 Å². The van der Waals surface area contributed by atoms with E-state index >= 15 is 0 Å². The Bertz CT molecular complexity index is 697. The summed E-state index contributed by atoms with van der Waals surface area (Å²) in [7, 11) is 0. The summed E-state index contributed by atoms with van der Waals surface area (Å²) in [4.78, 5) is 17.8. The number of carbonyl (C=O) groups excluding carboxylic acids is 1. The molecule has 3 rings (SSSR count). The van der Waals surface area contributed by atoms with E-state index in [4.69, 9.17) is 4.74 Å². The molecule has 1 aromatic heterocycles. The Balaban J connectivity index is 0.00000225. The predicted octanol–water partition coefficient (Wildman–Crippen LogP) is 3.09. The van der Waals surface area contributed by atoms with Crippen LogP contribution in [-0.2, 0) is 16.0 Å².